The standard InChI is InChI=1S/C21H25N3O/c1-16-7-8-17(14-22-16)13-21(25)24-12-9-19-18(5-4-6-20(19)24)15-23-10-2-3-11-23/h4-8,14H,2-3,9-13,15H2,1H3. The molecule has 0 N–H and O–H groups in total. The first-order valence-electron chi connectivity index (χ1n) is 9.26. The largest absolute Gasteiger partial charge is 0.312 e. The van der Waals surface area contributed by atoms with E-state index in [9.17, 15) is 4.79 Å². The van der Waals surface area contributed by atoms with Crippen molar-refractivity contribution < 1.29 is 4.79 Å². The van der Waals surface area contributed by atoms with Gasteiger partial charge in [-0.1, -0.05) is 18.2 Å². The molecule has 25 heavy (non-hydrogen) atoms. The highest BCUT2D eigenvalue weighted by molar-refractivity contribution is 5.96. The van der Waals surface area contributed by atoms with Gasteiger partial charge in [-0.05, 0) is 68.1 Å². The van der Waals surface area contributed by atoms with Gasteiger partial charge in [0.2, 0.25) is 5.91 Å². The summed E-state index contributed by atoms with van der Waals surface area (Å²) in [5.74, 6) is 0.169. The number of hydrogen-bond donors (Lipinski definition) is 0. The molecule has 2 aromatic rings. The molecule has 1 amide bonds. The Hall–Kier alpha value is -2.20. The molecule has 4 rings (SSSR count). The van der Waals surface area contributed by atoms with Crippen molar-refractivity contribution in [3.8, 4) is 0 Å². The second kappa shape index (κ2) is 6.96. The Balaban J connectivity index is 1.50. The maximum Gasteiger partial charge on any atom is 0.231 e. The normalized spacial score (nSPS) is 17.1. The number of benzene rings is 1. The smallest absolute Gasteiger partial charge is 0.231 e. The minimum absolute atomic E-state index is 0.169. The van der Waals surface area contributed by atoms with Gasteiger partial charge < -0.3 is 4.90 Å². The first-order chi connectivity index (χ1) is 12.2. The lowest BCUT2D eigenvalue weighted by atomic mass is 10.0. The molecule has 2 aliphatic heterocycles. The summed E-state index contributed by atoms with van der Waals surface area (Å²) in [6.45, 7) is 6.18. The lowest BCUT2D eigenvalue weighted by molar-refractivity contribution is -0.117. The van der Waals surface area contributed by atoms with Gasteiger partial charge in [0.25, 0.3) is 0 Å². The molecule has 1 aromatic carbocycles. The van der Waals surface area contributed by atoms with E-state index in [-0.39, 0.29) is 5.91 Å². The third-order valence-corrected chi connectivity index (χ3v) is 5.35. The van der Waals surface area contributed by atoms with Gasteiger partial charge in [-0.3, -0.25) is 14.7 Å². The van der Waals surface area contributed by atoms with Crippen molar-refractivity contribution in [3.05, 3.63) is 58.9 Å². The van der Waals surface area contributed by atoms with E-state index < -0.39 is 0 Å². The SMILES string of the molecule is Cc1ccc(CC(=O)N2CCc3c(CN4CCCC4)cccc32)cn1. The van der Waals surface area contributed by atoms with Crippen molar-refractivity contribution in [3.63, 3.8) is 0 Å². The highest BCUT2D eigenvalue weighted by atomic mass is 16.2. The lowest BCUT2D eigenvalue weighted by Gasteiger charge is -2.20. The van der Waals surface area contributed by atoms with Gasteiger partial charge in [-0.25, -0.2) is 0 Å². The highest BCUT2D eigenvalue weighted by Gasteiger charge is 2.27. The van der Waals surface area contributed by atoms with Gasteiger partial charge in [0.15, 0.2) is 0 Å². The molecule has 4 heteroatoms. The topological polar surface area (TPSA) is 36.4 Å². The van der Waals surface area contributed by atoms with Crippen molar-refractivity contribution in [2.45, 2.75) is 39.2 Å². The molecule has 4 nitrogen and oxygen atoms in total. The number of carbonyl (C=O) groups is 1. The molecule has 130 valence electrons. The number of hydrogen-bond acceptors (Lipinski definition) is 3. The van der Waals surface area contributed by atoms with Crippen molar-refractivity contribution >= 4 is 11.6 Å². The molecule has 0 bridgehead atoms. The van der Waals surface area contributed by atoms with Gasteiger partial charge in [-0.15, -0.1) is 0 Å². The van der Waals surface area contributed by atoms with E-state index in [0.29, 0.717) is 6.42 Å². The van der Waals surface area contributed by atoms with E-state index in [1.807, 2.05) is 30.2 Å². The third kappa shape index (κ3) is 3.45. The maximum atomic E-state index is 12.8. The Morgan fingerprint density at radius 2 is 1.96 bits per heavy atom. The van der Waals surface area contributed by atoms with Crippen LogP contribution in [0.3, 0.4) is 0 Å². The summed E-state index contributed by atoms with van der Waals surface area (Å²) in [7, 11) is 0. The summed E-state index contributed by atoms with van der Waals surface area (Å²) in [5.41, 5.74) is 5.84. The van der Waals surface area contributed by atoms with E-state index in [1.54, 1.807) is 0 Å². The zero-order valence-corrected chi connectivity index (χ0v) is 14.9. The summed E-state index contributed by atoms with van der Waals surface area (Å²) in [5, 5.41) is 0. The Morgan fingerprint density at radius 3 is 2.72 bits per heavy atom. The molecular weight excluding hydrogens is 310 g/mol. The van der Waals surface area contributed by atoms with Crippen LogP contribution in [-0.2, 0) is 24.2 Å². The number of likely N-dealkylation sites (tertiary alicyclic amines) is 1. The number of anilines is 1. The monoisotopic (exact) mass is 335 g/mol. The van der Waals surface area contributed by atoms with E-state index in [2.05, 4.69) is 28.1 Å². The van der Waals surface area contributed by atoms with Crippen LogP contribution in [0.4, 0.5) is 5.69 Å². The van der Waals surface area contributed by atoms with E-state index in [4.69, 9.17) is 0 Å². The molecule has 0 unspecified atom stereocenters. The first-order valence-corrected chi connectivity index (χ1v) is 9.26. The number of carbonyl (C=O) groups excluding carboxylic acids is 1. The van der Waals surface area contributed by atoms with Crippen LogP contribution in [0.5, 0.6) is 0 Å². The van der Waals surface area contributed by atoms with Crippen LogP contribution < -0.4 is 4.90 Å². The van der Waals surface area contributed by atoms with E-state index in [0.717, 1.165) is 36.5 Å². The van der Waals surface area contributed by atoms with Gasteiger partial charge >= 0.3 is 0 Å². The van der Waals surface area contributed by atoms with Crippen LogP contribution in [0, 0.1) is 6.92 Å². The zero-order chi connectivity index (χ0) is 17.2. The summed E-state index contributed by atoms with van der Waals surface area (Å²) in [4.78, 5) is 21.6. The van der Waals surface area contributed by atoms with Crippen LogP contribution in [0.25, 0.3) is 0 Å². The average molecular weight is 335 g/mol. The summed E-state index contributed by atoms with van der Waals surface area (Å²) in [6, 6.07) is 10.4. The second-order valence-corrected chi connectivity index (χ2v) is 7.18. The predicted octanol–water partition coefficient (Wildman–Crippen LogP) is 3.12. The molecule has 1 aromatic heterocycles. The molecule has 0 spiro atoms. The molecule has 2 aliphatic rings. The van der Waals surface area contributed by atoms with E-state index >= 15 is 0 Å². The fourth-order valence-corrected chi connectivity index (χ4v) is 3.97. The van der Waals surface area contributed by atoms with Crippen LogP contribution in [0.15, 0.2) is 36.5 Å². The number of pyridine rings is 1. The molecule has 1 saturated heterocycles. The van der Waals surface area contributed by atoms with Gasteiger partial charge in [-0.2, -0.15) is 0 Å². The van der Waals surface area contributed by atoms with E-state index in [1.165, 1.54) is 37.1 Å². The molecule has 0 saturated carbocycles. The number of fused-ring (bicyclic) bond motifs is 1. The van der Waals surface area contributed by atoms with Crippen molar-refractivity contribution in [2.24, 2.45) is 0 Å². The van der Waals surface area contributed by atoms with Crippen molar-refractivity contribution in [1.29, 1.82) is 0 Å². The fourth-order valence-electron chi connectivity index (χ4n) is 3.97. The van der Waals surface area contributed by atoms with Crippen LogP contribution >= 0.6 is 0 Å². The number of aryl methyl sites for hydroxylation is 1. The average Bonchev–Trinajstić information content (AvgIpc) is 3.27. The molecule has 0 aliphatic carbocycles. The van der Waals surface area contributed by atoms with Crippen LogP contribution in [0.1, 0.15) is 35.2 Å². The number of rotatable bonds is 4. The van der Waals surface area contributed by atoms with Crippen LogP contribution in [0.2, 0.25) is 0 Å². The molecular formula is C21H25N3O. The predicted molar refractivity (Wildman–Crippen MR) is 99.7 cm³/mol. The fraction of sp³-hybridized carbons (Fsp3) is 0.429. The van der Waals surface area contributed by atoms with Gasteiger partial charge in [0.05, 0.1) is 6.42 Å². The minimum atomic E-state index is 0.169. The van der Waals surface area contributed by atoms with Gasteiger partial charge in [0, 0.05) is 30.7 Å². The number of aromatic nitrogens is 1. The Kier molecular flexibility index (Phi) is 4.53. The summed E-state index contributed by atoms with van der Waals surface area (Å²) >= 11 is 0. The minimum Gasteiger partial charge on any atom is -0.312 e. The zero-order valence-electron chi connectivity index (χ0n) is 14.9. The third-order valence-electron chi connectivity index (χ3n) is 5.35. The molecule has 3 heterocycles. The Bertz CT molecular complexity index is 763. The second-order valence-electron chi connectivity index (χ2n) is 7.18. The molecule has 0 atom stereocenters. The number of amides is 1. The quantitative estimate of drug-likeness (QED) is 0.861. The van der Waals surface area contributed by atoms with Gasteiger partial charge in [0.1, 0.15) is 0 Å². The summed E-state index contributed by atoms with van der Waals surface area (Å²) in [6.07, 6.45) is 5.82. The number of nitrogens with zero attached hydrogens (tertiary/aromatic N) is 3. The summed E-state index contributed by atoms with van der Waals surface area (Å²) < 4.78 is 0. The lowest BCUT2D eigenvalue weighted by Crippen LogP contribution is -2.30. The molecule has 1 fully saturated rings. The first kappa shape index (κ1) is 16.3. The molecule has 0 radical (unpaired) electrons. The Morgan fingerprint density at radius 1 is 1.12 bits per heavy atom. The van der Waals surface area contributed by atoms with Crippen molar-refractivity contribution in [1.82, 2.24) is 9.88 Å². The maximum absolute atomic E-state index is 12.8. The Labute approximate surface area is 149 Å². The van der Waals surface area contributed by atoms with Crippen LogP contribution in [-0.4, -0.2) is 35.4 Å². The highest BCUT2D eigenvalue weighted by Crippen LogP contribution is 2.32. The van der Waals surface area contributed by atoms with Crippen molar-refractivity contribution in [2.75, 3.05) is 24.5 Å².